The third kappa shape index (κ3) is 3.57. The fraction of sp³-hybridized carbons (Fsp3) is 0.875. The first-order valence-corrected chi connectivity index (χ1v) is 8.06. The van der Waals surface area contributed by atoms with Crippen molar-refractivity contribution < 1.29 is 14.7 Å². The van der Waals surface area contributed by atoms with E-state index in [1.54, 1.807) is 4.90 Å². The molecule has 21 heavy (non-hydrogen) atoms. The van der Waals surface area contributed by atoms with Crippen molar-refractivity contribution in [3.05, 3.63) is 0 Å². The molecule has 3 N–H and O–H groups in total. The Hall–Kier alpha value is -1.10. The zero-order chi connectivity index (χ0) is 15.7. The van der Waals surface area contributed by atoms with E-state index in [9.17, 15) is 14.7 Å². The number of carbonyl (C=O) groups is 2. The molecule has 0 aromatic heterocycles. The van der Waals surface area contributed by atoms with E-state index in [4.69, 9.17) is 5.73 Å². The molecule has 1 heterocycles. The van der Waals surface area contributed by atoms with Crippen molar-refractivity contribution in [2.45, 2.75) is 76.8 Å². The number of rotatable bonds is 3. The van der Waals surface area contributed by atoms with E-state index in [1.807, 2.05) is 13.8 Å². The van der Waals surface area contributed by atoms with Gasteiger partial charge in [-0.15, -0.1) is 0 Å². The van der Waals surface area contributed by atoms with Gasteiger partial charge in [-0.3, -0.25) is 4.79 Å². The molecule has 2 aliphatic rings. The highest BCUT2D eigenvalue weighted by molar-refractivity contribution is 5.85. The van der Waals surface area contributed by atoms with Gasteiger partial charge in [-0.2, -0.15) is 0 Å². The Morgan fingerprint density at radius 3 is 2.33 bits per heavy atom. The maximum atomic E-state index is 12.7. The van der Waals surface area contributed by atoms with Crippen LogP contribution < -0.4 is 5.73 Å². The summed E-state index contributed by atoms with van der Waals surface area (Å²) in [4.78, 5) is 25.9. The Labute approximate surface area is 126 Å². The smallest absolute Gasteiger partial charge is 0.326 e. The monoisotopic (exact) mass is 296 g/mol. The summed E-state index contributed by atoms with van der Waals surface area (Å²) in [5.41, 5.74) is 5.55. The van der Waals surface area contributed by atoms with Crippen LogP contribution in [-0.2, 0) is 9.59 Å². The average molecular weight is 296 g/mol. The third-order valence-electron chi connectivity index (χ3n) is 5.18. The van der Waals surface area contributed by atoms with Gasteiger partial charge in [-0.1, -0.05) is 33.1 Å². The van der Waals surface area contributed by atoms with Crippen molar-refractivity contribution in [3.8, 4) is 0 Å². The van der Waals surface area contributed by atoms with Crippen LogP contribution in [0.2, 0.25) is 0 Å². The topological polar surface area (TPSA) is 83.6 Å². The minimum atomic E-state index is -0.900. The highest BCUT2D eigenvalue weighted by atomic mass is 16.4. The number of hydrogen-bond acceptors (Lipinski definition) is 3. The van der Waals surface area contributed by atoms with E-state index >= 15 is 0 Å². The van der Waals surface area contributed by atoms with Crippen LogP contribution in [0.3, 0.4) is 0 Å². The number of piperidine rings is 1. The van der Waals surface area contributed by atoms with Crippen molar-refractivity contribution in [1.29, 1.82) is 0 Å². The fourth-order valence-corrected chi connectivity index (χ4v) is 3.96. The number of nitrogens with zero attached hydrogens (tertiary/aromatic N) is 1. The molecule has 0 aromatic carbocycles. The molecule has 1 aliphatic heterocycles. The Bertz CT molecular complexity index is 414. The highest BCUT2D eigenvalue weighted by Gasteiger charge is 2.45. The van der Waals surface area contributed by atoms with Crippen LogP contribution in [0, 0.1) is 5.41 Å². The Kier molecular flexibility index (Phi) is 4.61. The molecule has 0 bridgehead atoms. The molecule has 2 rings (SSSR count). The number of aliphatic carboxylic acids is 1. The SMILES string of the molecule is CC1(C)CCCN(C(=O)CC2(N)CCCCC2)C1C(=O)O. The van der Waals surface area contributed by atoms with Gasteiger partial charge < -0.3 is 15.7 Å². The lowest BCUT2D eigenvalue weighted by molar-refractivity contribution is -0.159. The van der Waals surface area contributed by atoms with Crippen molar-refractivity contribution in [2.75, 3.05) is 6.54 Å². The normalized spacial score (nSPS) is 28.1. The van der Waals surface area contributed by atoms with Crippen LogP contribution in [0.15, 0.2) is 0 Å². The third-order valence-corrected chi connectivity index (χ3v) is 5.18. The molecule has 5 heteroatoms. The predicted octanol–water partition coefficient (Wildman–Crippen LogP) is 2.14. The standard InChI is InChI=1S/C16H28N2O3/c1-15(2)7-6-10-18(13(15)14(20)21)12(19)11-16(17)8-4-3-5-9-16/h13H,3-11,17H2,1-2H3,(H,20,21). The number of carboxylic acid groups (broad SMARTS) is 1. The first kappa shape index (κ1) is 16.3. The van der Waals surface area contributed by atoms with Crippen LogP contribution >= 0.6 is 0 Å². The van der Waals surface area contributed by atoms with Gasteiger partial charge in [0.2, 0.25) is 5.91 Å². The summed E-state index contributed by atoms with van der Waals surface area (Å²) in [7, 11) is 0. The second-order valence-electron chi connectivity index (χ2n) is 7.52. The molecule has 1 aliphatic carbocycles. The predicted molar refractivity (Wildman–Crippen MR) is 80.8 cm³/mol. The molecule has 0 aromatic rings. The van der Waals surface area contributed by atoms with E-state index in [0.717, 1.165) is 38.5 Å². The second kappa shape index (κ2) is 5.95. The average Bonchev–Trinajstić information content (AvgIpc) is 2.37. The van der Waals surface area contributed by atoms with E-state index in [1.165, 1.54) is 6.42 Å². The summed E-state index contributed by atoms with van der Waals surface area (Å²) in [6.45, 7) is 4.41. The molecule has 0 spiro atoms. The first-order valence-electron chi connectivity index (χ1n) is 8.06. The quantitative estimate of drug-likeness (QED) is 0.835. The van der Waals surface area contributed by atoms with E-state index < -0.39 is 17.6 Å². The lowest BCUT2D eigenvalue weighted by Crippen LogP contribution is -2.58. The molecule has 1 saturated heterocycles. The molecule has 1 unspecified atom stereocenters. The van der Waals surface area contributed by atoms with Crippen molar-refractivity contribution in [2.24, 2.45) is 11.1 Å². The number of carboxylic acids is 1. The summed E-state index contributed by atoms with van der Waals surface area (Å²) in [5.74, 6) is -0.984. The van der Waals surface area contributed by atoms with Crippen LogP contribution in [0.1, 0.15) is 65.2 Å². The van der Waals surface area contributed by atoms with Gasteiger partial charge in [-0.05, 0) is 31.1 Å². The molecule has 1 atom stereocenters. The maximum Gasteiger partial charge on any atom is 0.326 e. The largest absolute Gasteiger partial charge is 0.480 e. The molecule has 1 amide bonds. The number of nitrogens with two attached hydrogens (primary N) is 1. The van der Waals surface area contributed by atoms with Gasteiger partial charge in [0, 0.05) is 18.5 Å². The minimum Gasteiger partial charge on any atom is -0.480 e. The highest BCUT2D eigenvalue weighted by Crippen LogP contribution is 2.37. The van der Waals surface area contributed by atoms with Crippen molar-refractivity contribution in [3.63, 3.8) is 0 Å². The molecule has 120 valence electrons. The van der Waals surface area contributed by atoms with Gasteiger partial charge in [0.1, 0.15) is 6.04 Å². The summed E-state index contributed by atoms with van der Waals surface area (Å²) in [6.07, 6.45) is 7.03. The van der Waals surface area contributed by atoms with E-state index in [0.29, 0.717) is 6.54 Å². The van der Waals surface area contributed by atoms with Gasteiger partial charge in [0.25, 0.3) is 0 Å². The molecule has 1 saturated carbocycles. The van der Waals surface area contributed by atoms with Crippen LogP contribution in [0.25, 0.3) is 0 Å². The summed E-state index contributed by atoms with van der Waals surface area (Å²) in [6, 6.07) is -0.731. The molecular formula is C16H28N2O3. The molecule has 0 radical (unpaired) electrons. The van der Waals surface area contributed by atoms with E-state index in [-0.39, 0.29) is 17.7 Å². The van der Waals surface area contributed by atoms with Crippen molar-refractivity contribution in [1.82, 2.24) is 4.90 Å². The summed E-state index contributed by atoms with van der Waals surface area (Å²) < 4.78 is 0. The Morgan fingerprint density at radius 1 is 1.14 bits per heavy atom. The Morgan fingerprint density at radius 2 is 1.76 bits per heavy atom. The van der Waals surface area contributed by atoms with Gasteiger partial charge in [0.05, 0.1) is 0 Å². The zero-order valence-corrected chi connectivity index (χ0v) is 13.2. The number of likely N-dealkylation sites (tertiary alicyclic amines) is 1. The molecule has 5 nitrogen and oxygen atoms in total. The maximum absolute atomic E-state index is 12.7. The second-order valence-corrected chi connectivity index (χ2v) is 7.52. The lowest BCUT2D eigenvalue weighted by atomic mass is 9.75. The summed E-state index contributed by atoms with van der Waals surface area (Å²) >= 11 is 0. The van der Waals surface area contributed by atoms with Gasteiger partial charge in [0.15, 0.2) is 0 Å². The van der Waals surface area contributed by atoms with Crippen molar-refractivity contribution >= 4 is 11.9 Å². The van der Waals surface area contributed by atoms with Crippen LogP contribution in [0.4, 0.5) is 0 Å². The first-order chi connectivity index (χ1) is 9.75. The summed E-state index contributed by atoms with van der Waals surface area (Å²) in [5, 5.41) is 9.54. The lowest BCUT2D eigenvalue weighted by Gasteiger charge is -2.45. The Balaban J connectivity index is 2.11. The number of amides is 1. The minimum absolute atomic E-state index is 0.0837. The van der Waals surface area contributed by atoms with Gasteiger partial charge >= 0.3 is 5.97 Å². The number of hydrogen-bond donors (Lipinski definition) is 2. The fourth-order valence-electron chi connectivity index (χ4n) is 3.96. The van der Waals surface area contributed by atoms with Crippen LogP contribution in [0.5, 0.6) is 0 Å². The van der Waals surface area contributed by atoms with E-state index in [2.05, 4.69) is 0 Å². The number of carbonyl (C=O) groups excluding carboxylic acids is 1. The molecule has 2 fully saturated rings. The van der Waals surface area contributed by atoms with Gasteiger partial charge in [-0.25, -0.2) is 4.79 Å². The zero-order valence-electron chi connectivity index (χ0n) is 13.2. The van der Waals surface area contributed by atoms with Crippen LogP contribution in [-0.4, -0.2) is 40.0 Å². The molecular weight excluding hydrogens is 268 g/mol.